The van der Waals surface area contributed by atoms with Crippen LogP contribution in [0.25, 0.3) is 0 Å². The SMILES string of the molecule is Cc1cc(Nc2ccc(NC(=O)C(C)Oc3ccccc3F)cc2)nc(N2CCOCC2)n1. The van der Waals surface area contributed by atoms with Crippen molar-refractivity contribution in [2.24, 2.45) is 0 Å². The van der Waals surface area contributed by atoms with Crippen LogP contribution >= 0.6 is 0 Å². The number of anilines is 4. The summed E-state index contributed by atoms with van der Waals surface area (Å²) in [6.45, 7) is 6.35. The van der Waals surface area contributed by atoms with Crippen LogP contribution in [0.4, 0.5) is 27.5 Å². The van der Waals surface area contributed by atoms with Crippen LogP contribution in [0.15, 0.2) is 54.6 Å². The molecule has 9 heteroatoms. The van der Waals surface area contributed by atoms with E-state index in [0.29, 0.717) is 30.7 Å². The highest BCUT2D eigenvalue weighted by atomic mass is 19.1. The lowest BCUT2D eigenvalue weighted by Gasteiger charge is -2.27. The molecule has 172 valence electrons. The number of aryl methyl sites for hydroxylation is 1. The van der Waals surface area contributed by atoms with Gasteiger partial charge in [0, 0.05) is 36.2 Å². The first-order chi connectivity index (χ1) is 16.0. The molecule has 1 saturated heterocycles. The molecule has 1 fully saturated rings. The van der Waals surface area contributed by atoms with Crippen LogP contribution in [-0.2, 0) is 9.53 Å². The van der Waals surface area contributed by atoms with E-state index in [2.05, 4.69) is 25.5 Å². The summed E-state index contributed by atoms with van der Waals surface area (Å²) in [4.78, 5) is 23.7. The lowest BCUT2D eigenvalue weighted by atomic mass is 10.2. The molecule has 1 amide bonds. The number of nitrogens with one attached hydrogen (secondary N) is 2. The van der Waals surface area contributed by atoms with Crippen LogP contribution in [0, 0.1) is 12.7 Å². The molecule has 4 rings (SSSR count). The predicted molar refractivity (Wildman–Crippen MR) is 125 cm³/mol. The van der Waals surface area contributed by atoms with E-state index in [9.17, 15) is 9.18 Å². The Labute approximate surface area is 191 Å². The number of amides is 1. The third-order valence-corrected chi connectivity index (χ3v) is 5.07. The van der Waals surface area contributed by atoms with Gasteiger partial charge >= 0.3 is 0 Å². The molecule has 8 nitrogen and oxygen atoms in total. The van der Waals surface area contributed by atoms with Crippen LogP contribution in [0.2, 0.25) is 0 Å². The minimum absolute atomic E-state index is 0.0382. The Balaban J connectivity index is 1.37. The fourth-order valence-electron chi connectivity index (χ4n) is 3.33. The summed E-state index contributed by atoms with van der Waals surface area (Å²) in [5.74, 6) is 0.516. The highest BCUT2D eigenvalue weighted by Crippen LogP contribution is 2.22. The molecule has 2 N–H and O–H groups in total. The Morgan fingerprint density at radius 3 is 2.52 bits per heavy atom. The monoisotopic (exact) mass is 451 g/mol. The van der Waals surface area contributed by atoms with Crippen molar-refractivity contribution in [3.05, 3.63) is 66.1 Å². The number of hydrogen-bond donors (Lipinski definition) is 2. The lowest BCUT2D eigenvalue weighted by molar-refractivity contribution is -0.122. The van der Waals surface area contributed by atoms with Crippen molar-refractivity contribution in [1.29, 1.82) is 0 Å². The van der Waals surface area contributed by atoms with Crippen LogP contribution in [0.1, 0.15) is 12.6 Å². The van der Waals surface area contributed by atoms with Gasteiger partial charge < -0.3 is 25.0 Å². The molecule has 0 radical (unpaired) electrons. The highest BCUT2D eigenvalue weighted by molar-refractivity contribution is 5.94. The zero-order valence-electron chi connectivity index (χ0n) is 18.5. The average Bonchev–Trinajstić information content (AvgIpc) is 2.82. The van der Waals surface area contributed by atoms with E-state index < -0.39 is 11.9 Å². The van der Waals surface area contributed by atoms with Crippen molar-refractivity contribution < 1.29 is 18.7 Å². The fraction of sp³-hybridized carbons (Fsp3) is 0.292. The quantitative estimate of drug-likeness (QED) is 0.563. The van der Waals surface area contributed by atoms with E-state index in [4.69, 9.17) is 9.47 Å². The molecular formula is C24H26FN5O3. The van der Waals surface area contributed by atoms with Crippen molar-refractivity contribution in [3.63, 3.8) is 0 Å². The number of carbonyl (C=O) groups is 1. The zero-order chi connectivity index (χ0) is 23.2. The van der Waals surface area contributed by atoms with Crippen LogP contribution in [-0.4, -0.2) is 48.3 Å². The van der Waals surface area contributed by atoms with Gasteiger partial charge in [0.15, 0.2) is 17.7 Å². The van der Waals surface area contributed by atoms with Crippen LogP contribution in [0.5, 0.6) is 5.75 Å². The second-order valence-corrected chi connectivity index (χ2v) is 7.68. The van der Waals surface area contributed by atoms with E-state index in [-0.39, 0.29) is 11.7 Å². The summed E-state index contributed by atoms with van der Waals surface area (Å²) in [6, 6.07) is 15.1. The Morgan fingerprint density at radius 1 is 1.09 bits per heavy atom. The van der Waals surface area contributed by atoms with Gasteiger partial charge in [0.25, 0.3) is 5.91 Å². The molecule has 33 heavy (non-hydrogen) atoms. The summed E-state index contributed by atoms with van der Waals surface area (Å²) >= 11 is 0. The number of halogens is 1. The maximum Gasteiger partial charge on any atom is 0.265 e. The summed E-state index contributed by atoms with van der Waals surface area (Å²) in [5.41, 5.74) is 2.28. The number of morpholine rings is 1. The second kappa shape index (κ2) is 10.3. The molecule has 3 aromatic rings. The Morgan fingerprint density at radius 2 is 1.79 bits per heavy atom. The topological polar surface area (TPSA) is 88.6 Å². The molecule has 1 aliphatic heterocycles. The highest BCUT2D eigenvalue weighted by Gasteiger charge is 2.17. The largest absolute Gasteiger partial charge is 0.478 e. The lowest BCUT2D eigenvalue weighted by Crippen LogP contribution is -2.37. The van der Waals surface area contributed by atoms with Gasteiger partial charge in [-0.05, 0) is 50.2 Å². The molecule has 0 aliphatic carbocycles. The first-order valence-electron chi connectivity index (χ1n) is 10.8. The summed E-state index contributed by atoms with van der Waals surface area (Å²) in [7, 11) is 0. The first kappa shape index (κ1) is 22.5. The molecule has 0 spiro atoms. The summed E-state index contributed by atoms with van der Waals surface area (Å²) in [6.07, 6.45) is -0.859. The Kier molecular flexibility index (Phi) is 6.99. The van der Waals surface area contributed by atoms with Gasteiger partial charge in [0.05, 0.1) is 13.2 Å². The third-order valence-electron chi connectivity index (χ3n) is 5.07. The summed E-state index contributed by atoms with van der Waals surface area (Å²) < 4.78 is 24.6. The molecule has 0 saturated carbocycles. The molecule has 2 aromatic carbocycles. The normalized spacial score (nSPS) is 14.5. The molecule has 1 aromatic heterocycles. The first-order valence-corrected chi connectivity index (χ1v) is 10.8. The van der Waals surface area contributed by atoms with Crippen molar-refractivity contribution in [3.8, 4) is 5.75 Å². The smallest absolute Gasteiger partial charge is 0.265 e. The van der Waals surface area contributed by atoms with Gasteiger partial charge in [-0.2, -0.15) is 4.98 Å². The molecule has 1 unspecified atom stereocenters. The van der Waals surface area contributed by atoms with Crippen LogP contribution < -0.4 is 20.3 Å². The van der Waals surface area contributed by atoms with E-state index in [1.807, 2.05) is 25.1 Å². The van der Waals surface area contributed by atoms with E-state index in [1.165, 1.54) is 12.1 Å². The summed E-state index contributed by atoms with van der Waals surface area (Å²) in [5, 5.41) is 6.05. The third kappa shape index (κ3) is 5.95. The van der Waals surface area contributed by atoms with Gasteiger partial charge in [-0.3, -0.25) is 4.79 Å². The number of nitrogens with zero attached hydrogens (tertiary/aromatic N) is 3. The zero-order valence-corrected chi connectivity index (χ0v) is 18.5. The van der Waals surface area contributed by atoms with Crippen LogP contribution in [0.3, 0.4) is 0 Å². The molecular weight excluding hydrogens is 425 g/mol. The molecule has 1 atom stereocenters. The molecule has 2 heterocycles. The Hall–Kier alpha value is -3.72. The Bertz CT molecular complexity index is 1100. The minimum atomic E-state index is -0.859. The maximum atomic E-state index is 13.7. The van der Waals surface area contributed by atoms with Crippen molar-refractivity contribution >= 4 is 29.0 Å². The number of carbonyl (C=O) groups excluding carboxylic acids is 1. The number of hydrogen-bond acceptors (Lipinski definition) is 7. The average molecular weight is 452 g/mol. The molecule has 1 aliphatic rings. The minimum Gasteiger partial charge on any atom is -0.478 e. The number of rotatable bonds is 7. The molecule has 0 bridgehead atoms. The van der Waals surface area contributed by atoms with Crippen molar-refractivity contribution in [1.82, 2.24) is 9.97 Å². The van der Waals surface area contributed by atoms with E-state index >= 15 is 0 Å². The number of para-hydroxylation sites is 1. The van der Waals surface area contributed by atoms with Gasteiger partial charge in [-0.1, -0.05) is 12.1 Å². The van der Waals surface area contributed by atoms with Gasteiger partial charge in [0.2, 0.25) is 5.95 Å². The maximum absolute atomic E-state index is 13.7. The van der Waals surface area contributed by atoms with Gasteiger partial charge in [-0.15, -0.1) is 0 Å². The van der Waals surface area contributed by atoms with Gasteiger partial charge in [0.1, 0.15) is 5.82 Å². The van der Waals surface area contributed by atoms with Crippen molar-refractivity contribution in [2.75, 3.05) is 41.8 Å². The number of ether oxygens (including phenoxy) is 2. The van der Waals surface area contributed by atoms with Gasteiger partial charge in [-0.25, -0.2) is 9.37 Å². The van der Waals surface area contributed by atoms with E-state index in [0.717, 1.165) is 24.5 Å². The standard InChI is InChI=1S/C24H26FN5O3/c1-16-15-22(29-24(26-16)30-11-13-32-14-12-30)27-18-7-9-19(10-8-18)28-23(31)17(2)33-21-6-4-3-5-20(21)25/h3-10,15,17H,11-14H2,1-2H3,(H,28,31)(H,26,27,29). The fourth-order valence-corrected chi connectivity index (χ4v) is 3.33. The number of aromatic nitrogens is 2. The van der Waals surface area contributed by atoms with E-state index in [1.54, 1.807) is 31.2 Å². The number of benzene rings is 2. The second-order valence-electron chi connectivity index (χ2n) is 7.68. The van der Waals surface area contributed by atoms with Crippen molar-refractivity contribution in [2.45, 2.75) is 20.0 Å². The predicted octanol–water partition coefficient (Wildman–Crippen LogP) is 3.91.